The highest BCUT2D eigenvalue weighted by atomic mass is 16.1. The predicted molar refractivity (Wildman–Crippen MR) is 55.3 cm³/mol. The van der Waals surface area contributed by atoms with Crippen molar-refractivity contribution in [2.45, 2.75) is 0 Å². The molecule has 0 N–H and O–H groups in total. The predicted octanol–water partition coefficient (Wildman–Crippen LogP) is 2.12. The first-order valence-electron chi connectivity index (χ1n) is 4.15. The standard InChI is InChI=1S/C11H13NO/c1-3-8-12(2)11-6-4-10(9-13)5-7-11/h3-7,9H,1,8H2,2H3. The molecular weight excluding hydrogens is 162 g/mol. The molecule has 2 heteroatoms. The summed E-state index contributed by atoms with van der Waals surface area (Å²) in [5, 5.41) is 0. The van der Waals surface area contributed by atoms with Crippen LogP contribution < -0.4 is 4.90 Å². The lowest BCUT2D eigenvalue weighted by atomic mass is 10.2. The van der Waals surface area contributed by atoms with Crippen molar-refractivity contribution in [1.29, 1.82) is 0 Å². The Morgan fingerprint density at radius 2 is 2.00 bits per heavy atom. The van der Waals surface area contributed by atoms with E-state index in [1.165, 1.54) is 0 Å². The highest BCUT2D eigenvalue weighted by molar-refractivity contribution is 5.75. The van der Waals surface area contributed by atoms with Crippen LogP contribution in [0, 0.1) is 0 Å². The molecule has 0 spiro atoms. The number of rotatable bonds is 4. The van der Waals surface area contributed by atoms with Crippen molar-refractivity contribution in [1.82, 2.24) is 0 Å². The first kappa shape index (κ1) is 9.52. The van der Waals surface area contributed by atoms with Crippen LogP contribution in [0.2, 0.25) is 0 Å². The zero-order chi connectivity index (χ0) is 9.68. The summed E-state index contributed by atoms with van der Waals surface area (Å²) in [5.41, 5.74) is 1.79. The normalized spacial score (nSPS) is 9.31. The summed E-state index contributed by atoms with van der Waals surface area (Å²) < 4.78 is 0. The third-order valence-electron chi connectivity index (χ3n) is 1.87. The van der Waals surface area contributed by atoms with Crippen LogP contribution in [0.5, 0.6) is 0 Å². The van der Waals surface area contributed by atoms with E-state index in [1.54, 1.807) is 0 Å². The SMILES string of the molecule is C=CCN(C)c1ccc(C=O)cc1. The molecule has 0 saturated carbocycles. The largest absolute Gasteiger partial charge is 0.371 e. The number of carbonyl (C=O) groups is 1. The third kappa shape index (κ3) is 2.44. The van der Waals surface area contributed by atoms with Gasteiger partial charge in [0.15, 0.2) is 0 Å². The summed E-state index contributed by atoms with van der Waals surface area (Å²) in [7, 11) is 1.98. The number of anilines is 1. The van der Waals surface area contributed by atoms with Gasteiger partial charge in [0.2, 0.25) is 0 Å². The van der Waals surface area contributed by atoms with Gasteiger partial charge in [-0.25, -0.2) is 0 Å². The number of nitrogens with zero attached hydrogens (tertiary/aromatic N) is 1. The van der Waals surface area contributed by atoms with E-state index in [1.807, 2.05) is 37.4 Å². The molecule has 1 aromatic rings. The number of benzene rings is 1. The molecule has 0 radical (unpaired) electrons. The van der Waals surface area contributed by atoms with Gasteiger partial charge < -0.3 is 4.90 Å². The van der Waals surface area contributed by atoms with Gasteiger partial charge in [0.05, 0.1) is 0 Å². The van der Waals surface area contributed by atoms with Crippen LogP contribution in [0.4, 0.5) is 5.69 Å². The van der Waals surface area contributed by atoms with Gasteiger partial charge in [-0.15, -0.1) is 6.58 Å². The molecule has 68 valence electrons. The summed E-state index contributed by atoms with van der Waals surface area (Å²) in [4.78, 5) is 12.4. The van der Waals surface area contributed by atoms with Crippen LogP contribution in [0.1, 0.15) is 10.4 Å². The maximum Gasteiger partial charge on any atom is 0.150 e. The quantitative estimate of drug-likeness (QED) is 0.516. The fraction of sp³-hybridized carbons (Fsp3) is 0.182. The second kappa shape index (κ2) is 4.45. The zero-order valence-electron chi connectivity index (χ0n) is 7.73. The van der Waals surface area contributed by atoms with Crippen molar-refractivity contribution in [2.75, 3.05) is 18.5 Å². The number of carbonyl (C=O) groups excluding carboxylic acids is 1. The molecule has 0 unspecified atom stereocenters. The van der Waals surface area contributed by atoms with Crippen LogP contribution in [0.25, 0.3) is 0 Å². The molecule has 0 aliphatic carbocycles. The molecule has 0 amide bonds. The first-order chi connectivity index (χ1) is 6.27. The zero-order valence-corrected chi connectivity index (χ0v) is 7.73. The van der Waals surface area contributed by atoms with Crippen LogP contribution >= 0.6 is 0 Å². The van der Waals surface area contributed by atoms with E-state index in [-0.39, 0.29) is 0 Å². The fourth-order valence-electron chi connectivity index (χ4n) is 1.11. The van der Waals surface area contributed by atoms with Crippen LogP contribution in [0.15, 0.2) is 36.9 Å². The molecular formula is C11H13NO. The molecule has 1 aromatic carbocycles. The topological polar surface area (TPSA) is 20.3 Å². The fourth-order valence-corrected chi connectivity index (χ4v) is 1.11. The summed E-state index contributed by atoms with van der Waals surface area (Å²) in [6, 6.07) is 7.46. The van der Waals surface area contributed by atoms with Gasteiger partial charge in [-0.05, 0) is 24.3 Å². The van der Waals surface area contributed by atoms with Gasteiger partial charge in [-0.1, -0.05) is 6.08 Å². The first-order valence-corrected chi connectivity index (χ1v) is 4.15. The van der Waals surface area contributed by atoms with Gasteiger partial charge in [-0.2, -0.15) is 0 Å². The minimum atomic E-state index is 0.704. The number of likely N-dealkylation sites (N-methyl/N-ethyl adjacent to an activating group) is 1. The van der Waals surface area contributed by atoms with E-state index in [0.29, 0.717) is 5.56 Å². The second-order valence-electron chi connectivity index (χ2n) is 2.88. The molecule has 0 saturated heterocycles. The number of aldehydes is 1. The van der Waals surface area contributed by atoms with Crippen LogP contribution in [-0.2, 0) is 0 Å². The minimum Gasteiger partial charge on any atom is -0.371 e. The monoisotopic (exact) mass is 175 g/mol. The maximum absolute atomic E-state index is 10.4. The molecule has 0 heterocycles. The van der Waals surface area contributed by atoms with Crippen molar-refractivity contribution in [3.05, 3.63) is 42.5 Å². The van der Waals surface area contributed by atoms with Crippen molar-refractivity contribution in [3.8, 4) is 0 Å². The molecule has 0 atom stereocenters. The molecule has 0 aliphatic rings. The molecule has 1 rings (SSSR count). The average molecular weight is 175 g/mol. The van der Waals surface area contributed by atoms with Crippen molar-refractivity contribution in [3.63, 3.8) is 0 Å². The molecule has 0 aliphatic heterocycles. The van der Waals surface area contributed by atoms with E-state index in [2.05, 4.69) is 11.5 Å². The van der Waals surface area contributed by atoms with Gasteiger partial charge >= 0.3 is 0 Å². The van der Waals surface area contributed by atoms with Crippen molar-refractivity contribution in [2.24, 2.45) is 0 Å². The highest BCUT2D eigenvalue weighted by Gasteiger charge is 1.97. The van der Waals surface area contributed by atoms with E-state index >= 15 is 0 Å². The van der Waals surface area contributed by atoms with Crippen molar-refractivity contribution >= 4 is 12.0 Å². The highest BCUT2D eigenvalue weighted by Crippen LogP contribution is 2.12. The summed E-state index contributed by atoms with van der Waals surface area (Å²) in [6.45, 7) is 4.47. The second-order valence-corrected chi connectivity index (χ2v) is 2.88. The summed E-state index contributed by atoms with van der Waals surface area (Å²) in [6.07, 6.45) is 2.69. The lowest BCUT2D eigenvalue weighted by Gasteiger charge is -2.16. The lowest BCUT2D eigenvalue weighted by molar-refractivity contribution is 0.112. The van der Waals surface area contributed by atoms with Gasteiger partial charge in [-0.3, -0.25) is 4.79 Å². The Morgan fingerprint density at radius 1 is 1.38 bits per heavy atom. The minimum absolute atomic E-state index is 0.704. The van der Waals surface area contributed by atoms with Gasteiger partial charge in [0, 0.05) is 24.8 Å². The molecule has 13 heavy (non-hydrogen) atoms. The van der Waals surface area contributed by atoms with Crippen molar-refractivity contribution < 1.29 is 4.79 Å². The Bertz CT molecular complexity index is 289. The molecule has 2 nitrogen and oxygen atoms in total. The summed E-state index contributed by atoms with van der Waals surface area (Å²) >= 11 is 0. The van der Waals surface area contributed by atoms with Crippen LogP contribution in [0.3, 0.4) is 0 Å². The number of hydrogen-bond donors (Lipinski definition) is 0. The van der Waals surface area contributed by atoms with E-state index < -0.39 is 0 Å². The Morgan fingerprint density at radius 3 is 2.46 bits per heavy atom. The number of hydrogen-bond acceptors (Lipinski definition) is 2. The van der Waals surface area contributed by atoms with E-state index in [0.717, 1.165) is 18.5 Å². The summed E-state index contributed by atoms with van der Waals surface area (Å²) in [5.74, 6) is 0. The van der Waals surface area contributed by atoms with E-state index in [9.17, 15) is 4.79 Å². The molecule has 0 fully saturated rings. The average Bonchev–Trinajstić information content (AvgIpc) is 2.18. The van der Waals surface area contributed by atoms with E-state index in [4.69, 9.17) is 0 Å². The van der Waals surface area contributed by atoms with Crippen LogP contribution in [-0.4, -0.2) is 19.9 Å². The Balaban J connectivity index is 2.78. The lowest BCUT2D eigenvalue weighted by Crippen LogP contribution is -2.16. The van der Waals surface area contributed by atoms with Gasteiger partial charge in [0.25, 0.3) is 0 Å². The Hall–Kier alpha value is -1.57. The smallest absolute Gasteiger partial charge is 0.150 e. The molecule has 0 bridgehead atoms. The molecule has 0 aromatic heterocycles. The Kier molecular flexibility index (Phi) is 3.26. The Labute approximate surface area is 78.5 Å². The van der Waals surface area contributed by atoms with Gasteiger partial charge in [0.1, 0.15) is 6.29 Å². The third-order valence-corrected chi connectivity index (χ3v) is 1.87. The maximum atomic E-state index is 10.4.